The number of anilines is 4. The van der Waals surface area contributed by atoms with Crippen molar-refractivity contribution in [2.75, 3.05) is 47.0 Å². The Balaban J connectivity index is 1.42. The molecule has 0 spiro atoms. The highest BCUT2D eigenvalue weighted by Crippen LogP contribution is 2.24. The van der Waals surface area contributed by atoms with E-state index in [0.717, 1.165) is 26.2 Å². The van der Waals surface area contributed by atoms with E-state index in [4.69, 9.17) is 5.73 Å². The van der Waals surface area contributed by atoms with Crippen molar-refractivity contribution < 1.29 is 4.79 Å². The molecule has 1 amide bonds. The van der Waals surface area contributed by atoms with Crippen molar-refractivity contribution in [3.63, 3.8) is 0 Å². The van der Waals surface area contributed by atoms with Crippen molar-refractivity contribution in [3.05, 3.63) is 71.4 Å². The summed E-state index contributed by atoms with van der Waals surface area (Å²) in [6.07, 6.45) is 1.51. The van der Waals surface area contributed by atoms with Crippen molar-refractivity contribution in [1.82, 2.24) is 9.97 Å². The minimum absolute atomic E-state index is 0.186. The Kier molecular flexibility index (Phi) is 5.52. The monoisotopic (exact) mass is 402 g/mol. The SMILES string of the molecule is Cc1ccc(C)c(N2CCN(c3ncc(C(=O)Nc4ccccc4)c(N)n3)CC2)c1. The maximum Gasteiger partial charge on any atom is 0.260 e. The van der Waals surface area contributed by atoms with Crippen molar-refractivity contribution in [1.29, 1.82) is 0 Å². The first-order chi connectivity index (χ1) is 14.5. The highest BCUT2D eigenvalue weighted by molar-refractivity contribution is 6.07. The molecular formula is C23H26N6O. The van der Waals surface area contributed by atoms with Gasteiger partial charge in [-0.3, -0.25) is 4.79 Å². The summed E-state index contributed by atoms with van der Waals surface area (Å²) in [5.41, 5.74) is 10.9. The molecule has 7 nitrogen and oxygen atoms in total. The van der Waals surface area contributed by atoms with Gasteiger partial charge in [0.25, 0.3) is 5.91 Å². The molecule has 2 aromatic carbocycles. The van der Waals surface area contributed by atoms with Crippen molar-refractivity contribution in [3.8, 4) is 0 Å². The quantitative estimate of drug-likeness (QED) is 0.697. The van der Waals surface area contributed by atoms with Gasteiger partial charge in [0.1, 0.15) is 11.4 Å². The Bertz CT molecular complexity index is 1040. The minimum atomic E-state index is -0.315. The van der Waals surface area contributed by atoms with Crippen LogP contribution in [0.1, 0.15) is 21.5 Å². The van der Waals surface area contributed by atoms with Gasteiger partial charge in [-0.1, -0.05) is 30.3 Å². The molecule has 0 radical (unpaired) electrons. The average molecular weight is 403 g/mol. The zero-order valence-electron chi connectivity index (χ0n) is 17.3. The normalized spacial score (nSPS) is 13.9. The third kappa shape index (κ3) is 4.20. The molecule has 4 rings (SSSR count). The number of para-hydroxylation sites is 1. The zero-order chi connectivity index (χ0) is 21.1. The van der Waals surface area contributed by atoms with E-state index in [-0.39, 0.29) is 17.3 Å². The number of hydrogen-bond donors (Lipinski definition) is 2. The molecule has 0 unspecified atom stereocenters. The van der Waals surface area contributed by atoms with E-state index in [1.165, 1.54) is 23.0 Å². The van der Waals surface area contributed by atoms with Gasteiger partial charge >= 0.3 is 0 Å². The molecule has 154 valence electrons. The second kappa shape index (κ2) is 8.41. The number of nitrogen functional groups attached to an aromatic ring is 1. The van der Waals surface area contributed by atoms with Crippen LogP contribution in [-0.2, 0) is 0 Å². The lowest BCUT2D eigenvalue weighted by Crippen LogP contribution is -2.47. The van der Waals surface area contributed by atoms with Crippen LogP contribution in [0, 0.1) is 13.8 Å². The molecule has 1 aromatic heterocycles. The number of nitrogens with one attached hydrogen (secondary N) is 1. The number of aromatic nitrogens is 2. The minimum Gasteiger partial charge on any atom is -0.383 e. The molecule has 0 atom stereocenters. The van der Waals surface area contributed by atoms with E-state index in [0.29, 0.717) is 11.6 Å². The molecule has 0 saturated carbocycles. The first-order valence-electron chi connectivity index (χ1n) is 10.1. The van der Waals surface area contributed by atoms with Gasteiger partial charge in [-0.05, 0) is 43.2 Å². The summed E-state index contributed by atoms with van der Waals surface area (Å²) in [7, 11) is 0. The van der Waals surface area contributed by atoms with Crippen LogP contribution in [0.3, 0.4) is 0 Å². The topological polar surface area (TPSA) is 87.4 Å². The maximum absolute atomic E-state index is 12.5. The average Bonchev–Trinajstić information content (AvgIpc) is 2.76. The fourth-order valence-electron chi connectivity index (χ4n) is 3.64. The molecule has 0 aliphatic carbocycles. The van der Waals surface area contributed by atoms with Crippen LogP contribution in [0.5, 0.6) is 0 Å². The summed E-state index contributed by atoms with van der Waals surface area (Å²) in [5.74, 6) is 0.430. The van der Waals surface area contributed by atoms with E-state index in [2.05, 4.69) is 57.1 Å². The Labute approximate surface area is 176 Å². The molecule has 1 aliphatic rings. The number of hydrogen-bond acceptors (Lipinski definition) is 6. The van der Waals surface area contributed by atoms with E-state index < -0.39 is 0 Å². The number of benzene rings is 2. The lowest BCUT2D eigenvalue weighted by molar-refractivity contribution is 0.102. The Morgan fingerprint density at radius 2 is 1.70 bits per heavy atom. The van der Waals surface area contributed by atoms with Gasteiger partial charge in [0.2, 0.25) is 5.95 Å². The second-order valence-corrected chi connectivity index (χ2v) is 7.55. The van der Waals surface area contributed by atoms with E-state index in [9.17, 15) is 4.79 Å². The predicted octanol–water partition coefficient (Wildman–Crippen LogP) is 3.25. The maximum atomic E-state index is 12.5. The third-order valence-corrected chi connectivity index (χ3v) is 5.35. The molecule has 1 saturated heterocycles. The number of nitrogens with zero attached hydrogens (tertiary/aromatic N) is 4. The molecule has 3 N–H and O–H groups in total. The molecule has 7 heteroatoms. The lowest BCUT2D eigenvalue weighted by atomic mass is 10.1. The van der Waals surface area contributed by atoms with Crippen molar-refractivity contribution >= 4 is 29.0 Å². The van der Waals surface area contributed by atoms with Crippen LogP contribution in [0.25, 0.3) is 0 Å². The zero-order valence-corrected chi connectivity index (χ0v) is 17.3. The van der Waals surface area contributed by atoms with Crippen LogP contribution in [0.2, 0.25) is 0 Å². The number of carbonyl (C=O) groups is 1. The molecule has 3 aromatic rings. The van der Waals surface area contributed by atoms with Gasteiger partial charge in [-0.2, -0.15) is 4.98 Å². The number of piperazine rings is 1. The van der Waals surface area contributed by atoms with Crippen LogP contribution in [0.4, 0.5) is 23.1 Å². The van der Waals surface area contributed by atoms with Crippen molar-refractivity contribution in [2.24, 2.45) is 0 Å². The van der Waals surface area contributed by atoms with Gasteiger partial charge in [0, 0.05) is 43.8 Å². The van der Waals surface area contributed by atoms with Gasteiger partial charge in [-0.15, -0.1) is 0 Å². The van der Waals surface area contributed by atoms with Crippen LogP contribution in [-0.4, -0.2) is 42.1 Å². The van der Waals surface area contributed by atoms with Gasteiger partial charge in [0.05, 0.1) is 0 Å². The summed E-state index contributed by atoms with van der Waals surface area (Å²) < 4.78 is 0. The van der Waals surface area contributed by atoms with E-state index in [1.807, 2.05) is 30.3 Å². The summed E-state index contributed by atoms with van der Waals surface area (Å²) in [5, 5.41) is 2.81. The standard InChI is InChI=1S/C23H26N6O/c1-16-8-9-17(2)20(14-16)28-10-12-29(13-11-28)23-25-15-19(21(24)27-23)22(30)26-18-6-4-3-5-7-18/h3-9,14-15H,10-13H2,1-2H3,(H,26,30)(H2,24,25,27). The Hall–Kier alpha value is -3.61. The van der Waals surface area contributed by atoms with Crippen LogP contribution < -0.4 is 20.9 Å². The Morgan fingerprint density at radius 1 is 1.00 bits per heavy atom. The second-order valence-electron chi connectivity index (χ2n) is 7.55. The van der Waals surface area contributed by atoms with Gasteiger partial charge < -0.3 is 20.9 Å². The number of amides is 1. The molecule has 2 heterocycles. The van der Waals surface area contributed by atoms with Crippen LogP contribution >= 0.6 is 0 Å². The van der Waals surface area contributed by atoms with Crippen LogP contribution in [0.15, 0.2) is 54.7 Å². The van der Waals surface area contributed by atoms with Crippen molar-refractivity contribution in [2.45, 2.75) is 13.8 Å². The number of nitrogens with two attached hydrogens (primary N) is 1. The number of carbonyl (C=O) groups excluding carboxylic acids is 1. The Morgan fingerprint density at radius 3 is 2.40 bits per heavy atom. The summed E-state index contributed by atoms with van der Waals surface area (Å²) in [6, 6.07) is 15.8. The van der Waals surface area contributed by atoms with E-state index >= 15 is 0 Å². The van der Waals surface area contributed by atoms with Gasteiger partial charge in [0.15, 0.2) is 0 Å². The number of aryl methyl sites for hydroxylation is 2. The van der Waals surface area contributed by atoms with Gasteiger partial charge in [-0.25, -0.2) is 4.98 Å². The first kappa shape index (κ1) is 19.7. The molecule has 0 bridgehead atoms. The van der Waals surface area contributed by atoms with E-state index in [1.54, 1.807) is 0 Å². The number of rotatable bonds is 4. The summed E-state index contributed by atoms with van der Waals surface area (Å²) in [4.78, 5) is 25.8. The molecule has 30 heavy (non-hydrogen) atoms. The smallest absolute Gasteiger partial charge is 0.260 e. The lowest BCUT2D eigenvalue weighted by Gasteiger charge is -2.37. The highest BCUT2D eigenvalue weighted by atomic mass is 16.1. The highest BCUT2D eigenvalue weighted by Gasteiger charge is 2.22. The third-order valence-electron chi connectivity index (χ3n) is 5.35. The molecule has 1 fully saturated rings. The molecular weight excluding hydrogens is 376 g/mol. The predicted molar refractivity (Wildman–Crippen MR) is 121 cm³/mol. The first-order valence-corrected chi connectivity index (χ1v) is 10.1. The largest absolute Gasteiger partial charge is 0.383 e. The summed E-state index contributed by atoms with van der Waals surface area (Å²) >= 11 is 0. The molecule has 1 aliphatic heterocycles. The fraction of sp³-hybridized carbons (Fsp3) is 0.261. The summed E-state index contributed by atoms with van der Waals surface area (Å²) in [6.45, 7) is 7.61. The fourth-order valence-corrected chi connectivity index (χ4v) is 3.64.